The topological polar surface area (TPSA) is 12.0 Å². The van der Waals surface area contributed by atoms with Crippen molar-refractivity contribution in [3.05, 3.63) is 28.3 Å². The third kappa shape index (κ3) is 2.38. The van der Waals surface area contributed by atoms with Gasteiger partial charge in [-0.05, 0) is 44.9 Å². The van der Waals surface area contributed by atoms with Crippen LogP contribution in [0.1, 0.15) is 25.0 Å². The van der Waals surface area contributed by atoms with Crippen molar-refractivity contribution in [1.29, 1.82) is 0 Å². The van der Waals surface area contributed by atoms with Gasteiger partial charge in [0, 0.05) is 6.04 Å². The second kappa shape index (κ2) is 4.01. The maximum Gasteiger partial charge on any atom is 0.0640 e. The van der Waals surface area contributed by atoms with E-state index in [0.717, 1.165) is 10.7 Å². The molecule has 0 bridgehead atoms. The number of hydrogen-bond acceptors (Lipinski definition) is 1. The molecule has 0 heterocycles. The smallest absolute Gasteiger partial charge is 0.0640 e. The molecule has 2 heteroatoms. The predicted molar refractivity (Wildman–Crippen MR) is 59.7 cm³/mol. The molecule has 0 aliphatic carbocycles. The minimum absolute atomic E-state index is 0.415. The van der Waals surface area contributed by atoms with Gasteiger partial charge < -0.3 is 5.32 Å². The number of hydrogen-bond donors (Lipinski definition) is 1. The third-order valence-corrected chi connectivity index (χ3v) is 2.43. The summed E-state index contributed by atoms with van der Waals surface area (Å²) in [5.41, 5.74) is 3.57. The van der Waals surface area contributed by atoms with Crippen molar-refractivity contribution in [2.75, 3.05) is 5.32 Å². The number of anilines is 1. The van der Waals surface area contributed by atoms with E-state index in [-0.39, 0.29) is 0 Å². The summed E-state index contributed by atoms with van der Waals surface area (Å²) in [6.45, 7) is 8.40. The number of rotatable bonds is 2. The third-order valence-electron chi connectivity index (χ3n) is 2.12. The number of benzene rings is 1. The lowest BCUT2D eigenvalue weighted by atomic mass is 10.1. The van der Waals surface area contributed by atoms with Gasteiger partial charge in [0.2, 0.25) is 0 Å². The summed E-state index contributed by atoms with van der Waals surface area (Å²) >= 11 is 6.08. The zero-order chi connectivity index (χ0) is 10.0. The highest BCUT2D eigenvalue weighted by Crippen LogP contribution is 2.28. The molecule has 13 heavy (non-hydrogen) atoms. The zero-order valence-corrected chi connectivity index (χ0v) is 9.37. The van der Waals surface area contributed by atoms with Crippen LogP contribution in [0.4, 0.5) is 5.69 Å². The lowest BCUT2D eigenvalue weighted by Gasteiger charge is -2.15. The number of aryl methyl sites for hydroxylation is 1. The Bertz CT molecular complexity index is 305. The largest absolute Gasteiger partial charge is 0.381 e. The maximum absolute atomic E-state index is 6.08. The van der Waals surface area contributed by atoms with Crippen LogP contribution >= 0.6 is 11.6 Å². The molecule has 0 aliphatic heterocycles. The Labute approximate surface area is 85.1 Å². The average molecular weight is 198 g/mol. The Balaban J connectivity index is 3.10. The second-order valence-corrected chi connectivity index (χ2v) is 4.07. The summed E-state index contributed by atoms with van der Waals surface area (Å²) in [6.07, 6.45) is 0. The molecule has 0 saturated carbocycles. The summed E-state index contributed by atoms with van der Waals surface area (Å²) in [4.78, 5) is 0. The van der Waals surface area contributed by atoms with Crippen LogP contribution in [0.25, 0.3) is 0 Å². The van der Waals surface area contributed by atoms with E-state index in [2.05, 4.69) is 33.0 Å². The molecule has 72 valence electrons. The van der Waals surface area contributed by atoms with Gasteiger partial charge in [-0.15, -0.1) is 0 Å². The molecule has 0 fully saturated rings. The highest BCUT2D eigenvalue weighted by atomic mass is 35.5. The van der Waals surface area contributed by atoms with E-state index in [4.69, 9.17) is 11.6 Å². The molecule has 1 aromatic carbocycles. The monoisotopic (exact) mass is 197 g/mol. The van der Waals surface area contributed by atoms with E-state index < -0.39 is 0 Å². The number of nitrogens with one attached hydrogen (secondary N) is 1. The first-order chi connectivity index (χ1) is 6.02. The fourth-order valence-electron chi connectivity index (χ4n) is 1.25. The van der Waals surface area contributed by atoms with Gasteiger partial charge in [-0.1, -0.05) is 17.7 Å². The highest BCUT2D eigenvalue weighted by Gasteiger charge is 2.06. The predicted octanol–water partition coefficient (Wildman–Crippen LogP) is 3.78. The van der Waals surface area contributed by atoms with Gasteiger partial charge in [0.1, 0.15) is 0 Å². The zero-order valence-electron chi connectivity index (χ0n) is 8.61. The Hall–Kier alpha value is -0.690. The second-order valence-electron chi connectivity index (χ2n) is 3.66. The lowest BCUT2D eigenvalue weighted by Crippen LogP contribution is -2.11. The Morgan fingerprint density at radius 1 is 1.23 bits per heavy atom. The van der Waals surface area contributed by atoms with Crippen molar-refractivity contribution in [3.8, 4) is 0 Å². The van der Waals surface area contributed by atoms with Crippen LogP contribution in [-0.2, 0) is 0 Å². The molecule has 1 aromatic rings. The molecule has 0 spiro atoms. The highest BCUT2D eigenvalue weighted by molar-refractivity contribution is 6.33. The summed E-state index contributed by atoms with van der Waals surface area (Å²) in [7, 11) is 0. The molecule has 0 aromatic heterocycles. The molecule has 0 amide bonds. The molecule has 0 radical (unpaired) electrons. The van der Waals surface area contributed by atoms with E-state index in [1.54, 1.807) is 0 Å². The Morgan fingerprint density at radius 3 is 2.38 bits per heavy atom. The van der Waals surface area contributed by atoms with Crippen LogP contribution in [-0.4, -0.2) is 6.04 Å². The van der Waals surface area contributed by atoms with E-state index >= 15 is 0 Å². The Kier molecular flexibility index (Phi) is 3.21. The fourth-order valence-corrected chi connectivity index (χ4v) is 1.51. The van der Waals surface area contributed by atoms with E-state index in [1.165, 1.54) is 11.1 Å². The summed E-state index contributed by atoms with van der Waals surface area (Å²) in [5.74, 6) is 0. The van der Waals surface area contributed by atoms with Crippen molar-refractivity contribution in [1.82, 2.24) is 0 Å². The average Bonchev–Trinajstić information content (AvgIpc) is 2.05. The van der Waals surface area contributed by atoms with Crippen LogP contribution in [0.15, 0.2) is 12.1 Å². The first kappa shape index (κ1) is 10.4. The summed E-state index contributed by atoms with van der Waals surface area (Å²) in [6, 6.07) is 4.40. The van der Waals surface area contributed by atoms with Gasteiger partial charge >= 0.3 is 0 Å². The molecule has 0 saturated heterocycles. The SMILES string of the molecule is Cc1ccc(Cl)c(NC(C)C)c1C. The summed E-state index contributed by atoms with van der Waals surface area (Å²) in [5, 5.41) is 4.15. The minimum atomic E-state index is 0.415. The molecule has 0 unspecified atom stereocenters. The summed E-state index contributed by atoms with van der Waals surface area (Å²) < 4.78 is 0. The van der Waals surface area contributed by atoms with Crippen LogP contribution in [0.5, 0.6) is 0 Å². The van der Waals surface area contributed by atoms with Crippen LogP contribution < -0.4 is 5.32 Å². The van der Waals surface area contributed by atoms with Gasteiger partial charge in [0.25, 0.3) is 0 Å². The molecule has 1 rings (SSSR count). The first-order valence-electron chi connectivity index (χ1n) is 4.54. The van der Waals surface area contributed by atoms with E-state index in [9.17, 15) is 0 Å². The van der Waals surface area contributed by atoms with Crippen molar-refractivity contribution in [3.63, 3.8) is 0 Å². The molecule has 0 aliphatic rings. The quantitative estimate of drug-likeness (QED) is 0.761. The molecular formula is C11H16ClN. The standard InChI is InChI=1S/C11H16ClN/c1-7(2)13-11-9(4)8(3)5-6-10(11)12/h5-7,13H,1-4H3. The van der Waals surface area contributed by atoms with Gasteiger partial charge in [0.15, 0.2) is 0 Å². The van der Waals surface area contributed by atoms with Crippen molar-refractivity contribution in [2.24, 2.45) is 0 Å². The Morgan fingerprint density at radius 2 is 1.85 bits per heavy atom. The molecule has 1 nitrogen and oxygen atoms in total. The van der Waals surface area contributed by atoms with Crippen molar-refractivity contribution in [2.45, 2.75) is 33.7 Å². The molecule has 1 N–H and O–H groups in total. The van der Waals surface area contributed by atoms with Crippen LogP contribution in [0.2, 0.25) is 5.02 Å². The molecular weight excluding hydrogens is 182 g/mol. The maximum atomic E-state index is 6.08. The lowest BCUT2D eigenvalue weighted by molar-refractivity contribution is 0.897. The minimum Gasteiger partial charge on any atom is -0.381 e. The van der Waals surface area contributed by atoms with Gasteiger partial charge in [-0.2, -0.15) is 0 Å². The fraction of sp³-hybridized carbons (Fsp3) is 0.455. The van der Waals surface area contributed by atoms with Crippen LogP contribution in [0, 0.1) is 13.8 Å². The molecule has 0 atom stereocenters. The van der Waals surface area contributed by atoms with Gasteiger partial charge in [-0.3, -0.25) is 0 Å². The van der Waals surface area contributed by atoms with Gasteiger partial charge in [0.05, 0.1) is 10.7 Å². The van der Waals surface area contributed by atoms with Crippen LogP contribution in [0.3, 0.4) is 0 Å². The normalized spacial score (nSPS) is 10.6. The van der Waals surface area contributed by atoms with Crippen molar-refractivity contribution < 1.29 is 0 Å². The van der Waals surface area contributed by atoms with E-state index in [0.29, 0.717) is 6.04 Å². The van der Waals surface area contributed by atoms with Gasteiger partial charge in [-0.25, -0.2) is 0 Å². The van der Waals surface area contributed by atoms with E-state index in [1.807, 2.05) is 12.1 Å². The number of halogens is 1. The van der Waals surface area contributed by atoms with Crippen molar-refractivity contribution >= 4 is 17.3 Å². The first-order valence-corrected chi connectivity index (χ1v) is 4.92.